The Morgan fingerprint density at radius 1 is 1.15 bits per heavy atom. The van der Waals surface area contributed by atoms with Crippen molar-refractivity contribution in [1.82, 2.24) is 0 Å². The minimum Gasteiger partial charge on any atom is -0.457 e. The van der Waals surface area contributed by atoms with E-state index < -0.39 is 6.10 Å². The van der Waals surface area contributed by atoms with Gasteiger partial charge in [-0.15, -0.1) is 0 Å². The Morgan fingerprint density at radius 3 is 2.56 bits per heavy atom. The predicted octanol–water partition coefficient (Wildman–Crippen LogP) is 6.44. The first-order chi connectivity index (χ1) is 16.4. The van der Waals surface area contributed by atoms with Crippen molar-refractivity contribution < 1.29 is 19.1 Å². The van der Waals surface area contributed by atoms with Crippen LogP contribution in [-0.4, -0.2) is 18.3 Å². The van der Waals surface area contributed by atoms with Gasteiger partial charge in [0.15, 0.2) is 0 Å². The molecule has 0 N–H and O–H groups in total. The standard InChI is InChI=1S/C28H32N2O4/c1-19(30-32-18-20-9-7-10-20)15-24-26(28(24,2)3)27(31)34-25(17-29)21-11-8-14-23(16-21)33-22-12-5-4-6-13-22/h4-6,8,11-14,16,20,24-26H,7,9-10,15,18H2,1-3H3/t24-,25?,26-/m0/s1. The molecule has 0 spiro atoms. The molecule has 3 atom stereocenters. The van der Waals surface area contributed by atoms with Gasteiger partial charge in [0.2, 0.25) is 6.10 Å². The van der Waals surface area contributed by atoms with E-state index in [1.165, 1.54) is 19.3 Å². The fraction of sp³-hybridized carbons (Fsp3) is 0.464. The summed E-state index contributed by atoms with van der Waals surface area (Å²) in [5, 5.41) is 14.0. The summed E-state index contributed by atoms with van der Waals surface area (Å²) in [6, 6.07) is 18.6. The number of para-hydroxylation sites is 1. The minimum atomic E-state index is -0.996. The first-order valence-electron chi connectivity index (χ1n) is 12.0. The number of hydrogen-bond acceptors (Lipinski definition) is 6. The van der Waals surface area contributed by atoms with Crippen molar-refractivity contribution in [2.45, 2.75) is 52.6 Å². The number of ether oxygens (including phenoxy) is 2. The molecule has 6 nitrogen and oxygen atoms in total. The van der Waals surface area contributed by atoms with Crippen molar-refractivity contribution in [3.05, 3.63) is 60.2 Å². The average Bonchev–Trinajstić information content (AvgIpc) is 3.33. The van der Waals surface area contributed by atoms with Gasteiger partial charge in [-0.1, -0.05) is 55.8 Å². The minimum absolute atomic E-state index is 0.114. The van der Waals surface area contributed by atoms with E-state index in [0.717, 1.165) is 5.71 Å². The van der Waals surface area contributed by atoms with Crippen molar-refractivity contribution in [2.24, 2.45) is 28.3 Å². The van der Waals surface area contributed by atoms with Crippen LogP contribution in [0.2, 0.25) is 0 Å². The molecular formula is C28H32N2O4. The summed E-state index contributed by atoms with van der Waals surface area (Å²) in [7, 11) is 0. The molecule has 0 heterocycles. The average molecular weight is 461 g/mol. The van der Waals surface area contributed by atoms with Crippen LogP contribution in [0, 0.1) is 34.5 Å². The van der Waals surface area contributed by atoms with Crippen LogP contribution in [0.3, 0.4) is 0 Å². The molecular weight excluding hydrogens is 428 g/mol. The van der Waals surface area contributed by atoms with Crippen molar-refractivity contribution in [3.63, 3.8) is 0 Å². The highest BCUT2D eigenvalue weighted by molar-refractivity contribution is 5.85. The quantitative estimate of drug-likeness (QED) is 0.231. The number of esters is 1. The number of carbonyl (C=O) groups is 1. The fourth-order valence-electron chi connectivity index (χ4n) is 4.59. The summed E-state index contributed by atoms with van der Waals surface area (Å²) in [6.07, 6.45) is 3.41. The maximum absolute atomic E-state index is 13.0. The number of oxime groups is 1. The molecule has 178 valence electrons. The molecule has 0 radical (unpaired) electrons. The number of rotatable bonds is 10. The topological polar surface area (TPSA) is 80.9 Å². The van der Waals surface area contributed by atoms with Gasteiger partial charge in [-0.3, -0.25) is 4.79 Å². The monoisotopic (exact) mass is 460 g/mol. The molecule has 0 amide bonds. The molecule has 0 saturated heterocycles. The molecule has 0 bridgehead atoms. The van der Waals surface area contributed by atoms with Crippen LogP contribution < -0.4 is 4.74 Å². The first kappa shape index (κ1) is 23.8. The predicted molar refractivity (Wildman–Crippen MR) is 129 cm³/mol. The van der Waals surface area contributed by atoms with Gasteiger partial charge in [-0.05, 0) is 67.7 Å². The SMILES string of the molecule is CC(C[C@H]1[C@@H](C(=O)OC(C#N)c2cccc(Oc3ccccc3)c2)C1(C)C)=NOCC1CCC1. The zero-order valence-corrected chi connectivity index (χ0v) is 20.1. The van der Waals surface area contributed by atoms with E-state index in [4.69, 9.17) is 14.3 Å². The van der Waals surface area contributed by atoms with Crippen LogP contribution in [0.5, 0.6) is 11.5 Å². The summed E-state index contributed by atoms with van der Waals surface area (Å²) in [4.78, 5) is 18.5. The van der Waals surface area contributed by atoms with Gasteiger partial charge < -0.3 is 14.3 Å². The zero-order chi connectivity index (χ0) is 24.1. The van der Waals surface area contributed by atoms with Gasteiger partial charge >= 0.3 is 5.97 Å². The zero-order valence-electron chi connectivity index (χ0n) is 20.1. The lowest BCUT2D eigenvalue weighted by Gasteiger charge is -2.23. The molecule has 2 fully saturated rings. The highest BCUT2D eigenvalue weighted by atomic mass is 16.6. The second-order valence-corrected chi connectivity index (χ2v) is 9.96. The largest absolute Gasteiger partial charge is 0.457 e. The molecule has 4 rings (SSSR count). The van der Waals surface area contributed by atoms with Gasteiger partial charge in [0.05, 0.1) is 11.6 Å². The molecule has 2 saturated carbocycles. The van der Waals surface area contributed by atoms with E-state index >= 15 is 0 Å². The summed E-state index contributed by atoms with van der Waals surface area (Å²) < 4.78 is 11.5. The molecule has 0 aromatic heterocycles. The van der Waals surface area contributed by atoms with Crippen molar-refractivity contribution in [2.75, 3.05) is 6.61 Å². The lowest BCUT2D eigenvalue weighted by molar-refractivity contribution is -0.149. The molecule has 34 heavy (non-hydrogen) atoms. The summed E-state index contributed by atoms with van der Waals surface area (Å²) >= 11 is 0. The van der Waals surface area contributed by atoms with E-state index in [1.54, 1.807) is 18.2 Å². The van der Waals surface area contributed by atoms with Crippen LogP contribution in [0.1, 0.15) is 58.1 Å². The smallest absolute Gasteiger partial charge is 0.311 e. The number of nitrogens with zero attached hydrogens (tertiary/aromatic N) is 2. The number of benzene rings is 2. The Bertz CT molecular complexity index is 1070. The lowest BCUT2D eigenvalue weighted by Crippen LogP contribution is -2.16. The van der Waals surface area contributed by atoms with E-state index in [9.17, 15) is 10.1 Å². The lowest BCUT2D eigenvalue weighted by atomic mass is 9.86. The molecule has 6 heteroatoms. The third kappa shape index (κ3) is 5.59. The Balaban J connectivity index is 1.35. The summed E-state index contributed by atoms with van der Waals surface area (Å²) in [5.41, 5.74) is 1.26. The molecule has 2 aromatic rings. The van der Waals surface area contributed by atoms with Crippen LogP contribution in [-0.2, 0) is 14.4 Å². The van der Waals surface area contributed by atoms with Crippen LogP contribution in [0.4, 0.5) is 0 Å². The van der Waals surface area contributed by atoms with E-state index in [2.05, 4.69) is 25.1 Å². The fourth-order valence-corrected chi connectivity index (χ4v) is 4.59. The molecule has 2 aliphatic rings. The van der Waals surface area contributed by atoms with Crippen LogP contribution in [0.15, 0.2) is 59.8 Å². The van der Waals surface area contributed by atoms with Gasteiger partial charge in [0.25, 0.3) is 0 Å². The maximum atomic E-state index is 13.0. The Labute approximate surface area is 201 Å². The Hall–Kier alpha value is -3.33. The molecule has 0 aliphatic heterocycles. The van der Waals surface area contributed by atoms with Gasteiger partial charge in [0, 0.05) is 5.56 Å². The summed E-state index contributed by atoms with van der Waals surface area (Å²) in [5.74, 6) is 1.40. The van der Waals surface area contributed by atoms with Gasteiger partial charge in [-0.2, -0.15) is 5.26 Å². The maximum Gasteiger partial charge on any atom is 0.311 e. The number of hydrogen-bond donors (Lipinski definition) is 0. The molecule has 2 aliphatic carbocycles. The Kier molecular flexibility index (Phi) is 7.21. The van der Waals surface area contributed by atoms with E-state index in [0.29, 0.717) is 36.0 Å². The highest BCUT2D eigenvalue weighted by Gasteiger charge is 2.62. The summed E-state index contributed by atoms with van der Waals surface area (Å²) in [6.45, 7) is 6.73. The molecule has 2 aromatic carbocycles. The first-order valence-corrected chi connectivity index (χ1v) is 12.0. The van der Waals surface area contributed by atoms with E-state index in [1.807, 2.05) is 43.3 Å². The third-order valence-corrected chi connectivity index (χ3v) is 7.07. The van der Waals surface area contributed by atoms with Crippen molar-refractivity contribution >= 4 is 11.7 Å². The molecule has 1 unspecified atom stereocenters. The normalized spacial score (nSPS) is 22.1. The van der Waals surface area contributed by atoms with Gasteiger partial charge in [-0.25, -0.2) is 0 Å². The van der Waals surface area contributed by atoms with Crippen molar-refractivity contribution in [1.29, 1.82) is 5.26 Å². The van der Waals surface area contributed by atoms with Gasteiger partial charge in [0.1, 0.15) is 24.2 Å². The second-order valence-electron chi connectivity index (χ2n) is 9.96. The number of carbonyl (C=O) groups excluding carboxylic acids is 1. The Morgan fingerprint density at radius 2 is 1.88 bits per heavy atom. The highest BCUT2D eigenvalue weighted by Crippen LogP contribution is 2.60. The third-order valence-electron chi connectivity index (χ3n) is 7.07. The number of nitriles is 1. The van der Waals surface area contributed by atoms with Crippen molar-refractivity contribution in [3.8, 4) is 17.6 Å². The van der Waals surface area contributed by atoms with Crippen LogP contribution >= 0.6 is 0 Å². The van der Waals surface area contributed by atoms with Crippen LogP contribution in [0.25, 0.3) is 0 Å². The second kappa shape index (κ2) is 10.3. The van der Waals surface area contributed by atoms with E-state index in [-0.39, 0.29) is 23.2 Å².